The summed E-state index contributed by atoms with van der Waals surface area (Å²) >= 11 is 0. The highest BCUT2D eigenvalue weighted by molar-refractivity contribution is 5.55. The largest absolute Gasteiger partial charge is 0.253 e. The Morgan fingerprint density at radius 1 is 1.13 bits per heavy atom. The zero-order valence-electron chi connectivity index (χ0n) is 13.5. The number of terminal acetylenes is 1. The Morgan fingerprint density at radius 3 is 2.22 bits per heavy atom. The first kappa shape index (κ1) is 16.5. The molecule has 0 saturated carbocycles. The second kappa shape index (κ2) is 6.52. The molecule has 0 saturated heterocycles. The molecule has 0 unspecified atom stereocenters. The molecule has 1 aromatic heterocycles. The average Bonchev–Trinajstić information content (AvgIpc) is 2.58. The summed E-state index contributed by atoms with van der Waals surface area (Å²) < 4.78 is 0. The van der Waals surface area contributed by atoms with Crippen molar-refractivity contribution in [3.05, 3.63) is 28.1 Å². The highest BCUT2D eigenvalue weighted by Crippen LogP contribution is 2.36. The van der Waals surface area contributed by atoms with Crippen molar-refractivity contribution >= 4 is 0 Å². The van der Waals surface area contributed by atoms with Crippen LogP contribution in [0.5, 0.6) is 0 Å². The van der Waals surface area contributed by atoms with Gasteiger partial charge in [-0.15, -0.1) is 12.3 Å². The lowest BCUT2D eigenvalue weighted by atomic mass is 9.77. The van der Waals surface area contributed by atoms with Crippen LogP contribution in [0.4, 0.5) is 0 Å². The molecule has 1 aromatic rings. The number of rotatable bonds is 3. The Kier molecular flexibility index (Phi) is 4.69. The zero-order chi connectivity index (χ0) is 17.0. The van der Waals surface area contributed by atoms with Gasteiger partial charge in [0.05, 0.1) is 23.4 Å². The van der Waals surface area contributed by atoms with Crippen molar-refractivity contribution in [2.24, 2.45) is 0 Å². The molecule has 0 radical (unpaired) electrons. The number of nitrogens with zero attached hydrogens (tertiary/aromatic N) is 4. The Balaban J connectivity index is 2.87. The Hall–Kier alpha value is -2.82. The van der Waals surface area contributed by atoms with E-state index in [0.29, 0.717) is 5.56 Å². The number of fused-ring (bicyclic) bond motifs is 1. The molecule has 0 aromatic carbocycles. The lowest BCUT2D eigenvalue weighted by Crippen LogP contribution is -2.27. The van der Waals surface area contributed by atoms with E-state index in [9.17, 15) is 15.8 Å². The van der Waals surface area contributed by atoms with Crippen LogP contribution in [0.25, 0.3) is 0 Å². The Labute approximate surface area is 137 Å². The number of aromatic nitrogens is 1. The molecule has 1 aliphatic carbocycles. The van der Waals surface area contributed by atoms with Crippen LogP contribution in [0.3, 0.4) is 0 Å². The molecule has 4 nitrogen and oxygen atoms in total. The van der Waals surface area contributed by atoms with Crippen LogP contribution in [-0.2, 0) is 18.3 Å². The molecule has 0 N–H and O–H groups in total. The van der Waals surface area contributed by atoms with Gasteiger partial charge in [0.25, 0.3) is 0 Å². The van der Waals surface area contributed by atoms with Crippen LogP contribution >= 0.6 is 0 Å². The molecule has 0 amide bonds. The molecule has 0 aliphatic heterocycles. The van der Waals surface area contributed by atoms with Gasteiger partial charge in [0.2, 0.25) is 0 Å². The van der Waals surface area contributed by atoms with E-state index in [1.807, 2.05) is 26.0 Å². The van der Waals surface area contributed by atoms with Gasteiger partial charge < -0.3 is 0 Å². The second-order valence-corrected chi connectivity index (χ2v) is 6.16. The lowest BCUT2D eigenvalue weighted by Gasteiger charge is -2.26. The monoisotopic (exact) mass is 302 g/mol. The van der Waals surface area contributed by atoms with E-state index in [4.69, 9.17) is 6.42 Å². The first-order valence-corrected chi connectivity index (χ1v) is 7.76. The van der Waals surface area contributed by atoms with E-state index in [0.717, 1.165) is 42.5 Å². The Morgan fingerprint density at radius 2 is 1.74 bits per heavy atom. The standard InChI is InChI=1S/C19H18N4/c1-4-9-19(11-21,12-22)18-16(10-20)14-7-5-6-8-15(14)17(23-18)13(2)3/h1,13H,5-9H2,2-3H3. The maximum Gasteiger partial charge on any atom is 0.197 e. The van der Waals surface area contributed by atoms with Gasteiger partial charge >= 0.3 is 0 Å². The van der Waals surface area contributed by atoms with Gasteiger partial charge in [-0.05, 0) is 42.7 Å². The van der Waals surface area contributed by atoms with Gasteiger partial charge in [-0.3, -0.25) is 4.98 Å². The van der Waals surface area contributed by atoms with E-state index in [-0.39, 0.29) is 18.0 Å². The highest BCUT2D eigenvalue weighted by Gasteiger charge is 2.39. The summed E-state index contributed by atoms with van der Waals surface area (Å²) in [5.74, 6) is 2.56. The van der Waals surface area contributed by atoms with Crippen LogP contribution in [0.2, 0.25) is 0 Å². The van der Waals surface area contributed by atoms with Gasteiger partial charge in [-0.2, -0.15) is 15.8 Å². The first-order chi connectivity index (χ1) is 11.0. The van der Waals surface area contributed by atoms with Crippen LogP contribution in [0.1, 0.15) is 67.1 Å². The van der Waals surface area contributed by atoms with Gasteiger partial charge in [0.15, 0.2) is 5.41 Å². The van der Waals surface area contributed by atoms with Crippen molar-refractivity contribution in [3.63, 3.8) is 0 Å². The average molecular weight is 302 g/mol. The highest BCUT2D eigenvalue weighted by atomic mass is 14.8. The molecular weight excluding hydrogens is 284 g/mol. The van der Waals surface area contributed by atoms with Crippen molar-refractivity contribution in [1.82, 2.24) is 4.98 Å². The van der Waals surface area contributed by atoms with E-state index in [2.05, 4.69) is 17.0 Å². The maximum absolute atomic E-state index is 9.67. The molecule has 0 fully saturated rings. The molecule has 1 heterocycles. The summed E-state index contributed by atoms with van der Waals surface area (Å²) in [5.41, 5.74) is 2.03. The van der Waals surface area contributed by atoms with Gasteiger partial charge in [-0.25, -0.2) is 0 Å². The number of nitriles is 3. The quantitative estimate of drug-likeness (QED) is 0.802. The lowest BCUT2D eigenvalue weighted by molar-refractivity contribution is 0.629. The van der Waals surface area contributed by atoms with Gasteiger partial charge in [-0.1, -0.05) is 13.8 Å². The zero-order valence-corrected chi connectivity index (χ0v) is 13.5. The summed E-state index contributed by atoms with van der Waals surface area (Å²) in [5, 5.41) is 28.9. The smallest absolute Gasteiger partial charge is 0.197 e. The van der Waals surface area contributed by atoms with Crippen molar-refractivity contribution in [3.8, 4) is 30.6 Å². The molecule has 23 heavy (non-hydrogen) atoms. The van der Waals surface area contributed by atoms with Crippen molar-refractivity contribution < 1.29 is 0 Å². The van der Waals surface area contributed by atoms with Crippen LogP contribution in [0.15, 0.2) is 0 Å². The molecule has 114 valence electrons. The SMILES string of the molecule is C#CCC(C#N)(C#N)c1nc(C(C)C)c2c(c1C#N)CCCC2. The third kappa shape index (κ3) is 2.65. The minimum atomic E-state index is -1.56. The summed E-state index contributed by atoms with van der Waals surface area (Å²) in [6, 6.07) is 6.21. The van der Waals surface area contributed by atoms with Crippen LogP contribution in [-0.4, -0.2) is 4.98 Å². The predicted molar refractivity (Wildman–Crippen MR) is 86.0 cm³/mol. The summed E-state index contributed by atoms with van der Waals surface area (Å²) in [4.78, 5) is 4.63. The fraction of sp³-hybridized carbons (Fsp3) is 0.474. The molecule has 0 bridgehead atoms. The predicted octanol–water partition coefficient (Wildman–Crippen LogP) is 3.26. The summed E-state index contributed by atoms with van der Waals surface area (Å²) in [6.45, 7) is 4.07. The molecule has 4 heteroatoms. The molecule has 0 spiro atoms. The van der Waals surface area contributed by atoms with E-state index >= 15 is 0 Å². The number of hydrogen-bond donors (Lipinski definition) is 0. The second-order valence-electron chi connectivity index (χ2n) is 6.16. The van der Waals surface area contributed by atoms with Crippen molar-refractivity contribution in [1.29, 1.82) is 15.8 Å². The topological polar surface area (TPSA) is 84.3 Å². The molecular formula is C19H18N4. The van der Waals surface area contributed by atoms with Crippen molar-refractivity contribution in [2.45, 2.75) is 57.3 Å². The molecule has 2 rings (SSSR count). The number of pyridine rings is 1. The third-order valence-electron chi connectivity index (χ3n) is 4.36. The fourth-order valence-electron chi connectivity index (χ4n) is 3.20. The fourth-order valence-corrected chi connectivity index (χ4v) is 3.20. The molecule has 0 atom stereocenters. The van der Waals surface area contributed by atoms with Crippen molar-refractivity contribution in [2.75, 3.05) is 0 Å². The number of hydrogen-bond acceptors (Lipinski definition) is 4. The normalized spacial score (nSPS) is 13.3. The maximum atomic E-state index is 9.67. The minimum absolute atomic E-state index is 0.0714. The minimum Gasteiger partial charge on any atom is -0.253 e. The third-order valence-corrected chi connectivity index (χ3v) is 4.36. The van der Waals surface area contributed by atoms with E-state index < -0.39 is 5.41 Å². The van der Waals surface area contributed by atoms with Gasteiger partial charge in [0.1, 0.15) is 6.07 Å². The molecule has 1 aliphatic rings. The van der Waals surface area contributed by atoms with Crippen LogP contribution < -0.4 is 0 Å². The van der Waals surface area contributed by atoms with Gasteiger partial charge in [0, 0.05) is 12.1 Å². The summed E-state index contributed by atoms with van der Waals surface area (Å²) in [7, 11) is 0. The van der Waals surface area contributed by atoms with Crippen LogP contribution in [0, 0.1) is 46.3 Å². The first-order valence-electron chi connectivity index (χ1n) is 7.76. The Bertz CT molecular complexity index is 777. The van der Waals surface area contributed by atoms with E-state index in [1.165, 1.54) is 0 Å². The summed E-state index contributed by atoms with van der Waals surface area (Å²) in [6.07, 6.45) is 9.06. The van der Waals surface area contributed by atoms with E-state index in [1.54, 1.807) is 0 Å².